The molecule has 0 radical (unpaired) electrons. The molecule has 3 aromatic heterocycles. The van der Waals surface area contributed by atoms with Gasteiger partial charge in [-0.05, 0) is 41.3 Å². The van der Waals surface area contributed by atoms with E-state index in [2.05, 4.69) is 342 Å². The number of hydrogen-bond donors (Lipinski definition) is 0. The molecule has 0 fully saturated rings. The van der Waals surface area contributed by atoms with Gasteiger partial charge in [0.15, 0.2) is 0 Å². The quantitative estimate of drug-likeness (QED) is 0.128. The van der Waals surface area contributed by atoms with Crippen LogP contribution in [0.2, 0.25) is 19.6 Å². The van der Waals surface area contributed by atoms with Crippen molar-refractivity contribution in [1.29, 1.82) is 0 Å². The Morgan fingerprint density at radius 2 is 0.944 bits per heavy atom. The second-order valence-electron chi connectivity index (χ2n) is 27.6. The van der Waals surface area contributed by atoms with Crippen LogP contribution in [-0.2, 0) is 17.5 Å². The molecule has 0 atom stereocenters. The Morgan fingerprint density at radius 1 is 0.411 bits per heavy atom. The van der Waals surface area contributed by atoms with E-state index in [9.17, 15) is 0 Å². The normalized spacial score (nSPS) is 12.9. The molecule has 11 aromatic carbocycles. The van der Waals surface area contributed by atoms with Crippen molar-refractivity contribution in [2.75, 3.05) is 4.90 Å². The van der Waals surface area contributed by atoms with Gasteiger partial charge in [-0.15, -0.1) is 0 Å². The van der Waals surface area contributed by atoms with Crippen LogP contribution in [0.1, 0.15) is 52.7 Å². The van der Waals surface area contributed by atoms with E-state index >= 15 is 0 Å². The molecule has 0 saturated heterocycles. The molecule has 0 unspecified atom stereocenters. The van der Waals surface area contributed by atoms with Crippen molar-refractivity contribution in [2.24, 2.45) is 0 Å². The maximum absolute atomic E-state index is 7.27. The molecule has 5 nitrogen and oxygen atoms in total. The Balaban J connectivity index is 0.981. The van der Waals surface area contributed by atoms with Crippen LogP contribution >= 0.6 is 0 Å². The van der Waals surface area contributed by atoms with E-state index in [4.69, 9.17) is 9.72 Å². The van der Waals surface area contributed by atoms with Crippen LogP contribution in [0.4, 0.5) is 11.4 Å². The number of rotatable bonds is 10. The van der Waals surface area contributed by atoms with Crippen LogP contribution in [-0.4, -0.2) is 35.5 Å². The number of hydrogen-bond acceptors (Lipinski definition) is 3. The SMILES string of the molecule is CC(C)(C)c1cc(-c2cccc3c4ccccc4c4ccccc4c4cccc5c4n(c23)CN5c2cc(Oc3ccc4c5ccccc5n(-c5cc(C(C)(C)C)ccn5)c4c3)cc([Si](C)(C)C)c2)c[c]([Ge]([c]2ccccc2)([c]2ccccc2)[c]2ccccc2)c1. The van der Waals surface area contributed by atoms with Gasteiger partial charge in [0.2, 0.25) is 0 Å². The molecule has 0 amide bonds. The number of aromatic nitrogens is 3. The minimum atomic E-state index is -3.82. The second-order valence-corrected chi connectivity index (χ2v) is 40.7. The second kappa shape index (κ2) is 21.9. The molecule has 4 heterocycles. The van der Waals surface area contributed by atoms with Crippen molar-refractivity contribution in [2.45, 2.75) is 78.7 Å². The molecule has 0 saturated carbocycles. The number of para-hydroxylation sites is 3. The summed E-state index contributed by atoms with van der Waals surface area (Å²) in [6.45, 7) is 21.8. The average molecular weight is 1240 g/mol. The first-order valence-electron chi connectivity index (χ1n) is 31.7. The van der Waals surface area contributed by atoms with E-state index in [0.717, 1.165) is 45.1 Å². The van der Waals surface area contributed by atoms with Gasteiger partial charge in [0.05, 0.1) is 11.0 Å². The number of fused-ring (bicyclic) bond motifs is 10. The van der Waals surface area contributed by atoms with Gasteiger partial charge in [0.25, 0.3) is 0 Å². The molecule has 0 bridgehead atoms. The summed E-state index contributed by atoms with van der Waals surface area (Å²) in [5.41, 5.74) is 11.5. The molecule has 0 spiro atoms. The van der Waals surface area contributed by atoms with E-state index in [1.807, 2.05) is 6.20 Å². The topological polar surface area (TPSA) is 35.2 Å². The molecule has 0 N–H and O–H groups in total. The molecule has 15 rings (SSSR count). The molecule has 440 valence electrons. The fourth-order valence-corrected chi connectivity index (χ4v) is 25.5. The van der Waals surface area contributed by atoms with Crippen LogP contribution < -0.4 is 32.4 Å². The van der Waals surface area contributed by atoms with Crippen molar-refractivity contribution < 1.29 is 4.74 Å². The summed E-state index contributed by atoms with van der Waals surface area (Å²) >= 11 is -3.82. The number of ether oxygens (including phenoxy) is 1. The van der Waals surface area contributed by atoms with Gasteiger partial charge in [0, 0.05) is 23.0 Å². The van der Waals surface area contributed by atoms with Crippen molar-refractivity contribution in [3.8, 4) is 28.4 Å². The Morgan fingerprint density at radius 3 is 1.54 bits per heavy atom. The summed E-state index contributed by atoms with van der Waals surface area (Å²) in [5.74, 6) is 2.48. The predicted octanol–water partition coefficient (Wildman–Crippen LogP) is 18.8. The van der Waals surface area contributed by atoms with Gasteiger partial charge < -0.3 is 0 Å². The fraction of sp³-hybridized carbons (Fsp3) is 0.145. The van der Waals surface area contributed by atoms with Gasteiger partial charge in [-0.25, -0.2) is 4.98 Å². The summed E-state index contributed by atoms with van der Waals surface area (Å²) in [6, 6.07) is 101. The summed E-state index contributed by atoms with van der Waals surface area (Å²) in [6.07, 6.45) is 1.95. The minimum absolute atomic E-state index is 0.0404. The molecule has 0 aliphatic carbocycles. The predicted molar refractivity (Wildman–Crippen MR) is 389 cm³/mol. The fourth-order valence-electron chi connectivity index (χ4n) is 14.3. The van der Waals surface area contributed by atoms with Gasteiger partial charge in [-0.3, -0.25) is 4.57 Å². The van der Waals surface area contributed by atoms with Crippen molar-refractivity contribution in [1.82, 2.24) is 14.1 Å². The summed E-state index contributed by atoms with van der Waals surface area (Å²) in [4.78, 5) is 7.56. The van der Waals surface area contributed by atoms with Gasteiger partial charge >= 0.3 is 381 Å². The van der Waals surface area contributed by atoms with Crippen molar-refractivity contribution in [3.05, 3.63) is 284 Å². The molecular weight excluding hydrogens is 1170 g/mol. The Bertz CT molecular complexity index is 5110. The van der Waals surface area contributed by atoms with Crippen LogP contribution in [0.25, 0.3) is 82.1 Å². The van der Waals surface area contributed by atoms with E-state index in [0.29, 0.717) is 6.67 Å². The van der Waals surface area contributed by atoms with E-state index in [-0.39, 0.29) is 10.8 Å². The van der Waals surface area contributed by atoms with Crippen molar-refractivity contribution >= 4 is 121 Å². The molecule has 1 aliphatic heterocycles. The first-order chi connectivity index (χ1) is 43.5. The van der Waals surface area contributed by atoms with Crippen LogP contribution in [0.5, 0.6) is 11.5 Å². The molecular formula is C83H74GeN4OSi. The Hall–Kier alpha value is -9.47. The summed E-state index contributed by atoms with van der Waals surface area (Å²) in [5, 5.41) is 10.9. The first kappa shape index (κ1) is 57.0. The number of nitrogens with zero attached hydrogens (tertiary/aromatic N) is 4. The Kier molecular flexibility index (Phi) is 13.9. The van der Waals surface area contributed by atoms with Crippen LogP contribution in [0.15, 0.2) is 273 Å². The third kappa shape index (κ3) is 9.71. The van der Waals surface area contributed by atoms with Gasteiger partial charge in [-0.2, -0.15) is 0 Å². The summed E-state index contributed by atoms with van der Waals surface area (Å²) in [7, 11) is -1.98. The zero-order chi connectivity index (χ0) is 61.7. The van der Waals surface area contributed by atoms with Gasteiger partial charge in [0.1, 0.15) is 11.6 Å². The third-order valence-corrected chi connectivity index (χ3v) is 30.8. The average Bonchev–Trinajstić information content (AvgIpc) is 1.68. The molecule has 7 heteroatoms. The van der Waals surface area contributed by atoms with Crippen LogP contribution in [0.3, 0.4) is 0 Å². The van der Waals surface area contributed by atoms with Crippen LogP contribution in [0, 0.1) is 0 Å². The van der Waals surface area contributed by atoms with E-state index in [1.54, 1.807) is 0 Å². The Labute approximate surface area is 532 Å². The monoisotopic (exact) mass is 1240 g/mol. The number of benzene rings is 11. The number of pyridine rings is 1. The number of anilines is 2. The molecule has 90 heavy (non-hydrogen) atoms. The zero-order valence-corrected chi connectivity index (χ0v) is 56.0. The molecule has 14 aromatic rings. The maximum atomic E-state index is 7.27. The standard InChI is InChI=1S/C83H74GeN4OSi/c1-82(2,3)57-45-46-85-79(50-57)88-76-41-24-23-37-72(76)73-44-43-64(54-78(73)88)89-65-51-63(52-66(53-65)90(7,8)9)86-55-87-80-67(38-25-39-74(80)70-35-21-19-33-68(70)69-34-20-22-36-71(69)75-40-26-42-77(86)81(75)87)56-47-58(83(4,5)6)49-62(48-56)84(59-27-13-10-14-28-59,60-29-15-11-16-30-60)61-31-17-12-18-32-61/h10-54H,55H2,1-9H3. The van der Waals surface area contributed by atoms with Gasteiger partial charge in [-0.1, -0.05) is 58.6 Å². The first-order valence-corrected chi connectivity index (χ1v) is 39.4. The third-order valence-electron chi connectivity index (χ3n) is 18.8. The van der Waals surface area contributed by atoms with Crippen molar-refractivity contribution in [3.63, 3.8) is 0 Å². The molecule has 1 aliphatic rings. The zero-order valence-electron chi connectivity index (χ0n) is 52.9. The van der Waals surface area contributed by atoms with E-state index < -0.39 is 21.3 Å². The summed E-state index contributed by atoms with van der Waals surface area (Å²) < 4.78 is 17.8. The van der Waals surface area contributed by atoms with E-state index in [1.165, 1.54) is 93.8 Å².